The van der Waals surface area contributed by atoms with Gasteiger partial charge in [-0.3, -0.25) is 4.98 Å². The molecule has 0 aliphatic heterocycles. The predicted molar refractivity (Wildman–Crippen MR) is 170 cm³/mol. The van der Waals surface area contributed by atoms with Crippen molar-refractivity contribution >= 4 is 33.3 Å². The Labute approximate surface area is 264 Å². The number of nitrogens with zero attached hydrogens (tertiary/aromatic N) is 3. The van der Waals surface area contributed by atoms with Gasteiger partial charge in [-0.1, -0.05) is 77.0 Å². The van der Waals surface area contributed by atoms with Crippen molar-refractivity contribution in [3.63, 3.8) is 0 Å². The maximum Gasteiger partial charge on any atom is 0.354 e. The molecule has 7 rings (SSSR count). The summed E-state index contributed by atoms with van der Waals surface area (Å²) < 4.78 is 2.27. The Bertz CT molecular complexity index is 2100. The molecule has 0 spiro atoms. The summed E-state index contributed by atoms with van der Waals surface area (Å²) in [4.78, 5) is 18.5. The summed E-state index contributed by atoms with van der Waals surface area (Å²) in [5.74, 6) is -0.990. The van der Waals surface area contributed by atoms with E-state index in [1.807, 2.05) is 12.3 Å². The zero-order chi connectivity index (χ0) is 29.4. The number of carboxylic acid groups (broad SMARTS) is 1. The topological polar surface area (TPSA) is 67.5 Å². The van der Waals surface area contributed by atoms with Crippen molar-refractivity contribution in [2.45, 2.75) is 27.7 Å². The number of aromatic carboxylic acids is 1. The van der Waals surface area contributed by atoms with Crippen LogP contribution in [-0.2, 0) is 20.1 Å². The Morgan fingerprint density at radius 2 is 1.51 bits per heavy atom. The summed E-state index contributed by atoms with van der Waals surface area (Å²) in [6, 6.07) is 34.5. The van der Waals surface area contributed by atoms with Crippen LogP contribution in [0.5, 0.6) is 0 Å². The summed E-state index contributed by atoms with van der Waals surface area (Å²) in [6.07, 6.45) is 3.41. The van der Waals surface area contributed by atoms with E-state index < -0.39 is 5.97 Å². The number of hydrogen-bond donors (Lipinski definition) is 1. The molecule has 3 heterocycles. The predicted octanol–water partition coefficient (Wildman–Crippen LogP) is 8.79. The monoisotopic (exact) mass is 741 g/mol. The molecular weight excluding hydrogens is 711 g/mol. The van der Waals surface area contributed by atoms with Crippen LogP contribution in [0.15, 0.2) is 103 Å². The molecule has 1 N–H and O–H groups in total. The third-order valence-electron chi connectivity index (χ3n) is 7.75. The van der Waals surface area contributed by atoms with Crippen LogP contribution < -0.4 is 0 Å². The van der Waals surface area contributed by atoms with Crippen molar-refractivity contribution in [1.29, 1.82) is 0 Å². The van der Waals surface area contributed by atoms with Gasteiger partial charge in [0.1, 0.15) is 5.69 Å². The molecule has 3 aromatic heterocycles. The number of rotatable bonds is 3. The van der Waals surface area contributed by atoms with Crippen LogP contribution in [0, 0.1) is 33.8 Å². The van der Waals surface area contributed by atoms with Gasteiger partial charge in [0.15, 0.2) is 0 Å². The number of hydrogen-bond acceptors (Lipinski definition) is 3. The van der Waals surface area contributed by atoms with Gasteiger partial charge in [-0.25, -0.2) is 9.78 Å². The Hall–Kier alpha value is -4.64. The second-order valence-corrected chi connectivity index (χ2v) is 10.5. The number of aromatic nitrogens is 3. The minimum Gasteiger partial charge on any atom is -0.477 e. The minimum absolute atomic E-state index is 0. The molecule has 215 valence electrons. The molecule has 1 radical (unpaired) electrons. The number of aryl methyl sites for hydroxylation is 4. The van der Waals surface area contributed by atoms with Crippen LogP contribution in [0.25, 0.3) is 49.6 Å². The second kappa shape index (κ2) is 12.3. The smallest absolute Gasteiger partial charge is 0.354 e. The number of fused-ring (bicyclic) bond motifs is 6. The zero-order valence-corrected chi connectivity index (χ0v) is 26.7. The van der Waals surface area contributed by atoms with Gasteiger partial charge < -0.3 is 9.51 Å². The van der Waals surface area contributed by atoms with E-state index in [4.69, 9.17) is 10.1 Å². The fraction of sp³-hybridized carbons (Fsp3) is 0.108. The third-order valence-corrected chi connectivity index (χ3v) is 7.75. The first-order valence-electron chi connectivity index (χ1n) is 13.9. The largest absolute Gasteiger partial charge is 0.477 e. The Morgan fingerprint density at radius 3 is 2.19 bits per heavy atom. The van der Waals surface area contributed by atoms with Crippen LogP contribution in [0.3, 0.4) is 0 Å². The van der Waals surface area contributed by atoms with Crippen LogP contribution in [-0.4, -0.2) is 25.4 Å². The van der Waals surface area contributed by atoms with Crippen LogP contribution in [0.2, 0.25) is 0 Å². The number of pyridine rings is 2. The van der Waals surface area contributed by atoms with Gasteiger partial charge in [0, 0.05) is 43.7 Å². The third kappa shape index (κ3) is 5.48. The summed E-state index contributed by atoms with van der Waals surface area (Å²) in [6.45, 7) is 8.69. The SMILES string of the molecule is Cc1ccccc1-c1cc[c-]c2c1c1cc(-c3c(C)cccc3C)ccc1n1c(C)cnc21.O=C(O)c1ccccn1.[Ir]. The Kier molecular flexibility index (Phi) is 8.54. The van der Waals surface area contributed by atoms with E-state index in [-0.39, 0.29) is 25.8 Å². The number of imidazole rings is 1. The minimum atomic E-state index is -0.990. The summed E-state index contributed by atoms with van der Waals surface area (Å²) in [5, 5.41) is 11.8. The van der Waals surface area contributed by atoms with Gasteiger partial charge >= 0.3 is 5.97 Å². The maximum absolute atomic E-state index is 10.1. The quantitative estimate of drug-likeness (QED) is 0.145. The van der Waals surface area contributed by atoms with E-state index >= 15 is 0 Å². The first-order valence-corrected chi connectivity index (χ1v) is 13.9. The van der Waals surface area contributed by atoms with Crippen molar-refractivity contribution in [2.24, 2.45) is 0 Å². The molecule has 0 saturated carbocycles. The van der Waals surface area contributed by atoms with E-state index in [0.717, 1.165) is 16.7 Å². The average Bonchev–Trinajstić information content (AvgIpc) is 3.39. The standard InChI is InChI=1S/C31H25N2.C6H5NO2.Ir/c1-19-9-5-6-12-24(19)25-13-8-14-26-30(25)27-17-23(29-20(2)10-7-11-21(29)3)15-16-28(27)33-22(4)18-32-31(26)33;8-6(9)5-3-1-2-4-7-5;/h5-13,15-18H,1-4H3;1-4H,(H,8,9);/q-1;;. The molecular formula is C37H30IrN3O2-. The number of benzene rings is 4. The number of carbonyl (C=O) groups is 1. The van der Waals surface area contributed by atoms with Gasteiger partial charge in [-0.05, 0) is 84.7 Å². The van der Waals surface area contributed by atoms with Crippen molar-refractivity contribution in [3.05, 3.63) is 138 Å². The Balaban J connectivity index is 0.000000318. The molecule has 4 aromatic carbocycles. The van der Waals surface area contributed by atoms with Gasteiger partial charge in [0.05, 0.1) is 5.65 Å². The first kappa shape index (κ1) is 29.8. The van der Waals surface area contributed by atoms with Crippen molar-refractivity contribution in [3.8, 4) is 22.3 Å². The molecule has 6 heteroatoms. The van der Waals surface area contributed by atoms with E-state index in [0.29, 0.717) is 0 Å². The van der Waals surface area contributed by atoms with Gasteiger partial charge in [-0.15, -0.1) is 18.2 Å². The zero-order valence-electron chi connectivity index (χ0n) is 24.3. The molecule has 7 aromatic rings. The van der Waals surface area contributed by atoms with E-state index in [9.17, 15) is 4.79 Å². The molecule has 0 aliphatic rings. The molecule has 0 atom stereocenters. The van der Waals surface area contributed by atoms with Gasteiger partial charge in [-0.2, -0.15) is 0 Å². The van der Waals surface area contributed by atoms with Crippen molar-refractivity contribution < 1.29 is 30.0 Å². The molecule has 0 amide bonds. The van der Waals surface area contributed by atoms with Crippen molar-refractivity contribution in [2.75, 3.05) is 0 Å². The molecule has 43 heavy (non-hydrogen) atoms. The van der Waals surface area contributed by atoms with Gasteiger partial charge in [0.2, 0.25) is 0 Å². The van der Waals surface area contributed by atoms with Crippen LogP contribution in [0.1, 0.15) is 32.9 Å². The molecule has 0 saturated heterocycles. The van der Waals surface area contributed by atoms with Crippen LogP contribution in [0.4, 0.5) is 0 Å². The molecule has 0 unspecified atom stereocenters. The normalized spacial score (nSPS) is 10.8. The molecule has 0 fully saturated rings. The second-order valence-electron chi connectivity index (χ2n) is 10.5. The fourth-order valence-corrected chi connectivity index (χ4v) is 5.82. The summed E-state index contributed by atoms with van der Waals surface area (Å²) in [5.41, 5.74) is 12.3. The fourth-order valence-electron chi connectivity index (χ4n) is 5.82. The summed E-state index contributed by atoms with van der Waals surface area (Å²) in [7, 11) is 0. The van der Waals surface area contributed by atoms with Gasteiger partial charge in [0.25, 0.3) is 0 Å². The first-order chi connectivity index (χ1) is 20.3. The average molecular weight is 741 g/mol. The van der Waals surface area contributed by atoms with E-state index in [2.05, 4.69) is 110 Å². The Morgan fingerprint density at radius 1 is 0.791 bits per heavy atom. The van der Waals surface area contributed by atoms with Crippen molar-refractivity contribution in [1.82, 2.24) is 14.4 Å². The summed E-state index contributed by atoms with van der Waals surface area (Å²) >= 11 is 0. The number of carboxylic acids is 1. The molecule has 0 bridgehead atoms. The van der Waals surface area contributed by atoms with Crippen LogP contribution >= 0.6 is 0 Å². The van der Waals surface area contributed by atoms with E-state index in [1.165, 1.54) is 67.5 Å². The van der Waals surface area contributed by atoms with E-state index in [1.54, 1.807) is 12.1 Å². The molecule has 5 nitrogen and oxygen atoms in total. The maximum atomic E-state index is 10.1. The molecule has 0 aliphatic carbocycles.